The zero-order chi connectivity index (χ0) is 21.1. The normalized spacial score (nSPS) is 12.4. The first-order chi connectivity index (χ1) is 13.8. The van der Waals surface area contributed by atoms with Crippen LogP contribution in [0.2, 0.25) is 5.02 Å². The van der Waals surface area contributed by atoms with Crippen LogP contribution in [-0.2, 0) is 38.4 Å². The van der Waals surface area contributed by atoms with Crippen molar-refractivity contribution in [1.82, 2.24) is 9.78 Å². The molecule has 9 nitrogen and oxygen atoms in total. The molecule has 0 atom stereocenters. The van der Waals surface area contributed by atoms with Crippen LogP contribution in [0.5, 0.6) is 0 Å². The third-order valence-corrected chi connectivity index (χ3v) is 6.26. The molecule has 2 aromatic rings. The monoisotopic (exact) mass is 441 g/mol. The Bertz CT molecular complexity index is 967. The van der Waals surface area contributed by atoms with Gasteiger partial charge in [-0.2, -0.15) is 5.10 Å². The Balaban J connectivity index is 1.52. The number of aryl methyl sites for hydroxylation is 2. The van der Waals surface area contributed by atoms with Crippen molar-refractivity contribution in [3.63, 3.8) is 0 Å². The number of carbonyl (C=O) groups is 3. The second-order valence-corrected chi connectivity index (χ2v) is 7.87. The molecular formula is C18H20ClN3O6S. The molecule has 1 N–H and O–H groups in total. The average Bonchev–Trinajstić information content (AvgIpc) is 3.32. The number of nitrogens with one attached hydrogen (secondary N) is 1. The van der Waals surface area contributed by atoms with Crippen molar-refractivity contribution in [2.24, 2.45) is 0 Å². The van der Waals surface area contributed by atoms with E-state index >= 15 is 0 Å². The second kappa shape index (κ2) is 8.83. The van der Waals surface area contributed by atoms with E-state index in [0.29, 0.717) is 27.0 Å². The molecule has 29 heavy (non-hydrogen) atoms. The van der Waals surface area contributed by atoms with E-state index in [1.165, 1.54) is 23.1 Å². The van der Waals surface area contributed by atoms with Crippen LogP contribution in [0, 0.1) is 13.8 Å². The number of amides is 1. The predicted octanol–water partition coefficient (Wildman–Crippen LogP) is 3.24. The number of fused-ring (bicyclic) bond motifs is 1. The lowest BCUT2D eigenvalue weighted by Gasteiger charge is -2.09. The largest absolute Gasteiger partial charge is 0.465 e. The van der Waals surface area contributed by atoms with Gasteiger partial charge in [0, 0.05) is 4.88 Å². The summed E-state index contributed by atoms with van der Waals surface area (Å²) in [5, 5.41) is 7.51. The number of hydrogen-bond donors (Lipinski definition) is 1. The molecular weight excluding hydrogens is 422 g/mol. The Hall–Kier alpha value is -2.59. The van der Waals surface area contributed by atoms with Gasteiger partial charge in [-0.25, -0.2) is 14.4 Å². The summed E-state index contributed by atoms with van der Waals surface area (Å²) in [6.07, 6.45) is 1.75. The highest BCUT2D eigenvalue weighted by Gasteiger charge is 2.28. The minimum absolute atomic E-state index is 0.158. The Morgan fingerprint density at radius 2 is 2.00 bits per heavy atom. The number of anilines is 1. The third-order valence-electron chi connectivity index (χ3n) is 4.51. The number of hydrogen-bond acceptors (Lipinski definition) is 8. The van der Waals surface area contributed by atoms with Crippen LogP contribution in [0.15, 0.2) is 0 Å². The van der Waals surface area contributed by atoms with Crippen molar-refractivity contribution in [1.29, 1.82) is 0 Å². The van der Waals surface area contributed by atoms with Crippen LogP contribution in [-0.4, -0.2) is 41.7 Å². The minimum Gasteiger partial charge on any atom is -0.465 e. The van der Waals surface area contributed by atoms with Gasteiger partial charge in [-0.15, -0.1) is 11.3 Å². The van der Waals surface area contributed by atoms with Crippen molar-refractivity contribution in [2.45, 2.75) is 39.7 Å². The van der Waals surface area contributed by atoms with Gasteiger partial charge in [0.1, 0.15) is 11.5 Å². The standard InChI is InChI=1S/C18H20ClN3O6S/c1-9-15(19)10(2)22(21-9)7-13(23)27-8-28-18(25)20-16-14(17(24)26-3)11-5-4-6-12(11)29-16/h4-8H2,1-3H3,(H,20,25). The molecule has 11 heteroatoms. The van der Waals surface area contributed by atoms with E-state index in [0.717, 1.165) is 29.7 Å². The maximum Gasteiger partial charge on any atom is 0.415 e. The molecule has 1 amide bonds. The highest BCUT2D eigenvalue weighted by Crippen LogP contribution is 2.39. The molecule has 156 valence electrons. The molecule has 0 bridgehead atoms. The van der Waals surface area contributed by atoms with E-state index in [2.05, 4.69) is 10.4 Å². The molecule has 1 aliphatic carbocycles. The van der Waals surface area contributed by atoms with Crippen LogP contribution in [0.4, 0.5) is 9.80 Å². The first-order valence-electron chi connectivity index (χ1n) is 8.83. The summed E-state index contributed by atoms with van der Waals surface area (Å²) in [5.41, 5.74) is 2.52. The molecule has 0 spiro atoms. The van der Waals surface area contributed by atoms with Crippen LogP contribution < -0.4 is 5.32 Å². The second-order valence-electron chi connectivity index (χ2n) is 6.39. The number of ether oxygens (including phenoxy) is 3. The fourth-order valence-corrected chi connectivity index (χ4v) is 4.48. The molecule has 0 unspecified atom stereocenters. The third kappa shape index (κ3) is 4.54. The minimum atomic E-state index is -0.836. The van der Waals surface area contributed by atoms with E-state index in [9.17, 15) is 14.4 Å². The molecule has 0 saturated carbocycles. The summed E-state index contributed by atoms with van der Waals surface area (Å²) in [4.78, 5) is 37.1. The first-order valence-corrected chi connectivity index (χ1v) is 10.0. The van der Waals surface area contributed by atoms with E-state index in [1.54, 1.807) is 13.8 Å². The number of rotatable bonds is 6. The van der Waals surface area contributed by atoms with Crippen molar-refractivity contribution < 1.29 is 28.6 Å². The Morgan fingerprint density at radius 3 is 2.66 bits per heavy atom. The van der Waals surface area contributed by atoms with E-state index < -0.39 is 24.8 Å². The Morgan fingerprint density at radius 1 is 1.24 bits per heavy atom. The zero-order valence-electron chi connectivity index (χ0n) is 16.2. The quantitative estimate of drug-likeness (QED) is 0.541. The van der Waals surface area contributed by atoms with Gasteiger partial charge in [0.2, 0.25) is 6.79 Å². The van der Waals surface area contributed by atoms with Gasteiger partial charge in [0.05, 0.1) is 29.1 Å². The fourth-order valence-electron chi connectivity index (χ4n) is 3.08. The molecule has 2 aromatic heterocycles. The van der Waals surface area contributed by atoms with Crippen molar-refractivity contribution in [3.05, 3.63) is 32.4 Å². The molecule has 0 radical (unpaired) electrons. The summed E-state index contributed by atoms with van der Waals surface area (Å²) >= 11 is 7.36. The van der Waals surface area contributed by atoms with Crippen molar-refractivity contribution in [3.8, 4) is 0 Å². The zero-order valence-corrected chi connectivity index (χ0v) is 17.7. The van der Waals surface area contributed by atoms with Crippen LogP contribution in [0.25, 0.3) is 0 Å². The number of nitrogens with zero attached hydrogens (tertiary/aromatic N) is 2. The number of thiophene rings is 1. The molecule has 0 aliphatic heterocycles. The summed E-state index contributed by atoms with van der Waals surface area (Å²) in [6.45, 7) is 2.73. The highest BCUT2D eigenvalue weighted by molar-refractivity contribution is 7.17. The molecule has 3 rings (SSSR count). The van der Waals surface area contributed by atoms with Crippen LogP contribution in [0.3, 0.4) is 0 Å². The molecule has 0 saturated heterocycles. The molecule has 1 aliphatic rings. The fraction of sp³-hybridized carbons (Fsp3) is 0.444. The highest BCUT2D eigenvalue weighted by atomic mass is 35.5. The first kappa shape index (κ1) is 21.1. The number of halogens is 1. The van der Waals surface area contributed by atoms with Crippen molar-refractivity contribution in [2.75, 3.05) is 19.2 Å². The number of aromatic nitrogens is 2. The van der Waals surface area contributed by atoms with Gasteiger partial charge >= 0.3 is 18.0 Å². The molecule has 0 aromatic carbocycles. The van der Waals surface area contributed by atoms with Gasteiger partial charge in [-0.05, 0) is 38.7 Å². The van der Waals surface area contributed by atoms with Gasteiger partial charge < -0.3 is 14.2 Å². The summed E-state index contributed by atoms with van der Waals surface area (Å²) in [7, 11) is 1.29. The maximum absolute atomic E-state index is 12.1. The summed E-state index contributed by atoms with van der Waals surface area (Å²) < 4.78 is 16.0. The smallest absolute Gasteiger partial charge is 0.415 e. The molecule has 2 heterocycles. The average molecular weight is 442 g/mol. The van der Waals surface area contributed by atoms with Crippen LogP contribution in [0.1, 0.15) is 38.6 Å². The van der Waals surface area contributed by atoms with Crippen molar-refractivity contribution >= 4 is 46.0 Å². The topological polar surface area (TPSA) is 109 Å². The Kier molecular flexibility index (Phi) is 6.43. The number of esters is 2. The molecule has 0 fully saturated rings. The SMILES string of the molecule is COC(=O)c1c(NC(=O)OCOC(=O)Cn2nc(C)c(Cl)c2C)sc2c1CCC2. The Labute approximate surface area is 175 Å². The van der Waals surface area contributed by atoms with E-state index in [-0.39, 0.29) is 6.54 Å². The summed E-state index contributed by atoms with van der Waals surface area (Å²) in [5.74, 6) is -1.14. The lowest BCUT2D eigenvalue weighted by molar-refractivity contribution is -0.152. The van der Waals surface area contributed by atoms with Gasteiger partial charge in [-0.1, -0.05) is 11.6 Å². The van der Waals surface area contributed by atoms with Gasteiger partial charge in [0.15, 0.2) is 0 Å². The number of carbonyl (C=O) groups excluding carboxylic acids is 3. The maximum atomic E-state index is 12.1. The lowest BCUT2D eigenvalue weighted by atomic mass is 10.1. The summed E-state index contributed by atoms with van der Waals surface area (Å²) in [6, 6.07) is 0. The lowest BCUT2D eigenvalue weighted by Crippen LogP contribution is -2.21. The number of methoxy groups -OCH3 is 1. The van der Waals surface area contributed by atoms with Gasteiger partial charge in [-0.3, -0.25) is 10.00 Å². The van der Waals surface area contributed by atoms with E-state index in [1.807, 2.05) is 0 Å². The van der Waals surface area contributed by atoms with E-state index in [4.69, 9.17) is 25.8 Å². The predicted molar refractivity (Wildman–Crippen MR) is 105 cm³/mol. The van der Waals surface area contributed by atoms with Gasteiger partial charge in [0.25, 0.3) is 0 Å². The van der Waals surface area contributed by atoms with Crippen LogP contribution >= 0.6 is 22.9 Å².